The Balaban J connectivity index is 1.81. The highest BCUT2D eigenvalue weighted by Gasteiger charge is 2.17. The zero-order valence-corrected chi connectivity index (χ0v) is 14.7. The van der Waals surface area contributed by atoms with Crippen LogP contribution in [0.4, 0.5) is 0 Å². The van der Waals surface area contributed by atoms with Crippen LogP contribution in [0.2, 0.25) is 0 Å². The molecule has 0 atom stereocenters. The number of carbonyl (C=O) groups excluding carboxylic acids is 1. The number of aliphatic imine (C=N–C) groups is 1. The maximum atomic E-state index is 11.7. The van der Waals surface area contributed by atoms with Crippen LogP contribution in [0.3, 0.4) is 0 Å². The first-order chi connectivity index (χ1) is 11.7. The fourth-order valence-corrected chi connectivity index (χ4v) is 2.75. The van der Waals surface area contributed by atoms with Crippen molar-refractivity contribution < 1.29 is 4.79 Å². The number of hydrogen-bond acceptors (Lipinski definition) is 2. The summed E-state index contributed by atoms with van der Waals surface area (Å²) in [6.45, 7) is 4.89. The zero-order valence-electron chi connectivity index (χ0n) is 14.7. The van der Waals surface area contributed by atoms with E-state index in [2.05, 4.69) is 50.9 Å². The van der Waals surface area contributed by atoms with E-state index in [4.69, 9.17) is 0 Å². The molecule has 24 heavy (non-hydrogen) atoms. The normalized spacial score (nSPS) is 15.2. The van der Waals surface area contributed by atoms with Crippen LogP contribution in [0, 0.1) is 0 Å². The second kappa shape index (κ2) is 9.75. The molecule has 5 nitrogen and oxygen atoms in total. The van der Waals surface area contributed by atoms with E-state index in [0.29, 0.717) is 0 Å². The number of hydrogen-bond donors (Lipinski definition) is 2. The first-order valence-electron chi connectivity index (χ1n) is 8.69. The standard InChI is InChI=1S/C19H28N4O/c1-3-11-21-18(24)15-22-19(20-2)23-12-9-17(10-13-23)14-16-7-5-4-6-8-16/h4-8,14H,3,9-13,15H2,1-2H3,(H,20,22)(H,21,24). The highest BCUT2D eigenvalue weighted by atomic mass is 16.1. The van der Waals surface area contributed by atoms with E-state index in [0.717, 1.165) is 44.9 Å². The number of nitrogens with zero attached hydrogens (tertiary/aromatic N) is 2. The van der Waals surface area contributed by atoms with Gasteiger partial charge in [-0.15, -0.1) is 0 Å². The first kappa shape index (κ1) is 18.0. The summed E-state index contributed by atoms with van der Waals surface area (Å²) in [5, 5.41) is 6.02. The van der Waals surface area contributed by atoms with E-state index < -0.39 is 0 Å². The maximum absolute atomic E-state index is 11.7. The van der Waals surface area contributed by atoms with Crippen molar-refractivity contribution in [3.05, 3.63) is 41.5 Å². The van der Waals surface area contributed by atoms with Crippen LogP contribution in [0.1, 0.15) is 31.7 Å². The Morgan fingerprint density at radius 1 is 1.21 bits per heavy atom. The third kappa shape index (κ3) is 5.72. The number of likely N-dealkylation sites (tertiary alicyclic amines) is 1. The van der Waals surface area contributed by atoms with E-state index in [1.54, 1.807) is 7.05 Å². The SMILES string of the molecule is CCCNC(=O)CNC(=NC)N1CCC(=Cc2ccccc2)CC1. The highest BCUT2D eigenvalue weighted by Crippen LogP contribution is 2.19. The summed E-state index contributed by atoms with van der Waals surface area (Å²) < 4.78 is 0. The molecule has 0 aromatic heterocycles. The Morgan fingerprint density at radius 3 is 2.54 bits per heavy atom. The molecule has 1 saturated heterocycles. The minimum absolute atomic E-state index is 0.0136. The molecular weight excluding hydrogens is 300 g/mol. The van der Waals surface area contributed by atoms with Gasteiger partial charge in [-0.25, -0.2) is 0 Å². The van der Waals surface area contributed by atoms with Gasteiger partial charge < -0.3 is 15.5 Å². The molecule has 1 aliphatic heterocycles. The van der Waals surface area contributed by atoms with E-state index in [9.17, 15) is 4.79 Å². The van der Waals surface area contributed by atoms with Gasteiger partial charge in [0.1, 0.15) is 0 Å². The molecule has 1 heterocycles. The third-order valence-corrected chi connectivity index (χ3v) is 4.07. The molecule has 0 radical (unpaired) electrons. The van der Waals surface area contributed by atoms with Crippen molar-refractivity contribution in [1.29, 1.82) is 0 Å². The van der Waals surface area contributed by atoms with E-state index in [1.807, 2.05) is 13.0 Å². The number of benzene rings is 1. The Kier molecular flexibility index (Phi) is 7.33. The lowest BCUT2D eigenvalue weighted by Crippen LogP contribution is -2.47. The lowest BCUT2D eigenvalue weighted by atomic mass is 10.0. The molecule has 0 unspecified atom stereocenters. The van der Waals surface area contributed by atoms with Crippen molar-refractivity contribution >= 4 is 17.9 Å². The van der Waals surface area contributed by atoms with Crippen LogP contribution in [0.25, 0.3) is 6.08 Å². The fraction of sp³-hybridized carbons (Fsp3) is 0.474. The van der Waals surface area contributed by atoms with Gasteiger partial charge in [0.25, 0.3) is 0 Å². The predicted molar refractivity (Wildman–Crippen MR) is 99.9 cm³/mol. The van der Waals surface area contributed by atoms with E-state index in [1.165, 1.54) is 11.1 Å². The molecule has 1 aromatic carbocycles. The predicted octanol–water partition coefficient (Wildman–Crippen LogP) is 2.27. The van der Waals surface area contributed by atoms with Crippen LogP contribution in [0.5, 0.6) is 0 Å². The topological polar surface area (TPSA) is 56.7 Å². The average Bonchev–Trinajstić information content (AvgIpc) is 2.62. The van der Waals surface area contributed by atoms with Gasteiger partial charge in [0.2, 0.25) is 5.91 Å². The second-order valence-corrected chi connectivity index (χ2v) is 5.95. The zero-order chi connectivity index (χ0) is 17.2. The van der Waals surface area contributed by atoms with E-state index in [-0.39, 0.29) is 12.5 Å². The number of amides is 1. The minimum Gasteiger partial charge on any atom is -0.355 e. The Morgan fingerprint density at radius 2 is 1.92 bits per heavy atom. The van der Waals surface area contributed by atoms with Gasteiger partial charge in [0.05, 0.1) is 6.54 Å². The van der Waals surface area contributed by atoms with Crippen molar-refractivity contribution in [1.82, 2.24) is 15.5 Å². The molecule has 0 bridgehead atoms. The van der Waals surface area contributed by atoms with Crippen LogP contribution in [-0.4, -0.2) is 50.0 Å². The van der Waals surface area contributed by atoms with E-state index >= 15 is 0 Å². The van der Waals surface area contributed by atoms with Gasteiger partial charge in [-0.1, -0.05) is 48.9 Å². The smallest absolute Gasteiger partial charge is 0.239 e. The molecule has 1 amide bonds. The Hall–Kier alpha value is -2.30. The van der Waals surface area contributed by atoms with Crippen molar-refractivity contribution in [3.8, 4) is 0 Å². The number of piperidine rings is 1. The van der Waals surface area contributed by atoms with Crippen LogP contribution in [0.15, 0.2) is 40.9 Å². The van der Waals surface area contributed by atoms with Gasteiger partial charge in [0.15, 0.2) is 5.96 Å². The summed E-state index contributed by atoms with van der Waals surface area (Å²) >= 11 is 0. The molecule has 2 N–H and O–H groups in total. The second-order valence-electron chi connectivity index (χ2n) is 5.95. The quantitative estimate of drug-likeness (QED) is 0.644. The summed E-state index contributed by atoms with van der Waals surface area (Å²) in [5.74, 6) is 0.820. The molecule has 2 rings (SSSR count). The molecule has 1 aliphatic rings. The summed E-state index contributed by atoms with van der Waals surface area (Å²) in [6, 6.07) is 10.4. The lowest BCUT2D eigenvalue weighted by molar-refractivity contribution is -0.120. The summed E-state index contributed by atoms with van der Waals surface area (Å²) in [7, 11) is 1.77. The molecule has 0 aliphatic carbocycles. The van der Waals surface area contributed by atoms with Gasteiger partial charge in [-0.3, -0.25) is 9.79 Å². The number of rotatable bonds is 5. The highest BCUT2D eigenvalue weighted by molar-refractivity contribution is 5.86. The number of guanidine groups is 1. The van der Waals surface area contributed by atoms with Crippen molar-refractivity contribution in [2.45, 2.75) is 26.2 Å². The molecule has 1 fully saturated rings. The maximum Gasteiger partial charge on any atom is 0.239 e. The summed E-state index contributed by atoms with van der Waals surface area (Å²) in [5.41, 5.74) is 2.73. The van der Waals surface area contributed by atoms with Gasteiger partial charge in [-0.05, 0) is 24.8 Å². The number of nitrogens with one attached hydrogen (secondary N) is 2. The number of carbonyl (C=O) groups is 1. The van der Waals surface area contributed by atoms with Gasteiger partial charge in [-0.2, -0.15) is 0 Å². The van der Waals surface area contributed by atoms with Crippen molar-refractivity contribution in [2.75, 3.05) is 33.2 Å². The fourth-order valence-electron chi connectivity index (χ4n) is 2.75. The first-order valence-corrected chi connectivity index (χ1v) is 8.69. The largest absolute Gasteiger partial charge is 0.355 e. The summed E-state index contributed by atoms with van der Waals surface area (Å²) in [4.78, 5) is 18.2. The third-order valence-electron chi connectivity index (χ3n) is 4.07. The van der Waals surface area contributed by atoms with Crippen LogP contribution < -0.4 is 10.6 Å². The van der Waals surface area contributed by atoms with Crippen LogP contribution >= 0.6 is 0 Å². The van der Waals surface area contributed by atoms with Crippen molar-refractivity contribution in [2.24, 2.45) is 4.99 Å². The van der Waals surface area contributed by atoms with Gasteiger partial charge >= 0.3 is 0 Å². The minimum atomic E-state index is 0.0136. The summed E-state index contributed by atoms with van der Waals surface area (Å²) in [6.07, 6.45) is 5.28. The molecule has 130 valence electrons. The molecule has 5 heteroatoms. The van der Waals surface area contributed by atoms with Crippen LogP contribution in [-0.2, 0) is 4.79 Å². The lowest BCUT2D eigenvalue weighted by Gasteiger charge is -2.31. The Bertz CT molecular complexity index is 570. The molecule has 0 spiro atoms. The average molecular weight is 328 g/mol. The monoisotopic (exact) mass is 328 g/mol. The van der Waals surface area contributed by atoms with Gasteiger partial charge in [0, 0.05) is 26.7 Å². The molecular formula is C19H28N4O. The van der Waals surface area contributed by atoms with Crippen molar-refractivity contribution in [3.63, 3.8) is 0 Å². The molecule has 0 saturated carbocycles. The Labute approximate surface area is 144 Å². The molecule has 1 aromatic rings.